The van der Waals surface area contributed by atoms with E-state index in [0.29, 0.717) is 12.3 Å². The SMILES string of the molecule is CC(C)c1ccc(CC(=O)N[C@H](C)c2cc3cnn(C)c3nn2)cc1. The van der Waals surface area contributed by atoms with E-state index in [0.717, 1.165) is 22.3 Å². The number of nitrogens with one attached hydrogen (secondary N) is 1. The molecular formula is C19H23N5O. The van der Waals surface area contributed by atoms with Gasteiger partial charge in [-0.1, -0.05) is 38.1 Å². The van der Waals surface area contributed by atoms with Gasteiger partial charge in [0.05, 0.1) is 24.4 Å². The quantitative estimate of drug-likeness (QED) is 0.777. The second kappa shape index (κ2) is 7.01. The lowest BCUT2D eigenvalue weighted by molar-refractivity contribution is -0.121. The largest absolute Gasteiger partial charge is 0.348 e. The fraction of sp³-hybridized carbons (Fsp3) is 0.368. The average molecular weight is 337 g/mol. The summed E-state index contributed by atoms with van der Waals surface area (Å²) >= 11 is 0. The first-order valence-electron chi connectivity index (χ1n) is 8.47. The lowest BCUT2D eigenvalue weighted by atomic mass is 10.0. The van der Waals surface area contributed by atoms with Crippen LogP contribution in [0.3, 0.4) is 0 Å². The molecule has 2 heterocycles. The normalized spacial score (nSPS) is 12.5. The van der Waals surface area contributed by atoms with Crippen LogP contribution in [0, 0.1) is 0 Å². The summed E-state index contributed by atoms with van der Waals surface area (Å²) in [4.78, 5) is 12.3. The molecule has 3 rings (SSSR count). The van der Waals surface area contributed by atoms with Crippen molar-refractivity contribution in [1.82, 2.24) is 25.3 Å². The topological polar surface area (TPSA) is 72.7 Å². The monoisotopic (exact) mass is 337 g/mol. The van der Waals surface area contributed by atoms with Crippen LogP contribution in [-0.2, 0) is 18.3 Å². The van der Waals surface area contributed by atoms with E-state index in [1.807, 2.05) is 32.2 Å². The molecule has 0 fully saturated rings. The number of amides is 1. The van der Waals surface area contributed by atoms with Gasteiger partial charge in [0.2, 0.25) is 5.91 Å². The Hall–Kier alpha value is -2.76. The predicted molar refractivity (Wildman–Crippen MR) is 97.1 cm³/mol. The molecule has 3 aromatic rings. The number of fused-ring (bicyclic) bond motifs is 1. The molecule has 6 nitrogen and oxygen atoms in total. The molecule has 0 aliphatic carbocycles. The number of hydrogen-bond acceptors (Lipinski definition) is 4. The van der Waals surface area contributed by atoms with Gasteiger partial charge in [-0.25, -0.2) is 4.68 Å². The molecule has 0 bridgehead atoms. The van der Waals surface area contributed by atoms with Crippen molar-refractivity contribution in [3.05, 3.63) is 53.3 Å². The first-order valence-corrected chi connectivity index (χ1v) is 8.47. The van der Waals surface area contributed by atoms with E-state index in [1.54, 1.807) is 10.9 Å². The Morgan fingerprint density at radius 2 is 1.88 bits per heavy atom. The number of nitrogens with zero attached hydrogens (tertiary/aromatic N) is 4. The van der Waals surface area contributed by atoms with E-state index in [-0.39, 0.29) is 11.9 Å². The van der Waals surface area contributed by atoms with Crippen molar-refractivity contribution in [2.45, 2.75) is 39.2 Å². The molecule has 25 heavy (non-hydrogen) atoms. The van der Waals surface area contributed by atoms with Crippen LogP contribution in [-0.4, -0.2) is 25.9 Å². The van der Waals surface area contributed by atoms with Gasteiger partial charge in [0, 0.05) is 12.4 Å². The standard InChI is InChI=1S/C19H23N5O/c1-12(2)15-7-5-14(6-8-15)9-18(25)21-13(3)17-10-16-11-20-24(4)19(16)23-22-17/h5-8,10-13H,9H2,1-4H3,(H,21,25)/t13-/m1/s1. The van der Waals surface area contributed by atoms with E-state index >= 15 is 0 Å². The Bertz CT molecular complexity index is 882. The second-order valence-corrected chi connectivity index (χ2v) is 6.68. The Morgan fingerprint density at radius 3 is 2.56 bits per heavy atom. The lowest BCUT2D eigenvalue weighted by Crippen LogP contribution is -2.28. The van der Waals surface area contributed by atoms with Crippen LogP contribution in [0.4, 0.5) is 0 Å². The van der Waals surface area contributed by atoms with Crippen molar-refractivity contribution in [2.75, 3.05) is 0 Å². The number of carbonyl (C=O) groups is 1. The predicted octanol–water partition coefficient (Wildman–Crippen LogP) is 2.91. The van der Waals surface area contributed by atoms with Crippen LogP contribution < -0.4 is 5.32 Å². The van der Waals surface area contributed by atoms with Crippen LogP contribution in [0.2, 0.25) is 0 Å². The van der Waals surface area contributed by atoms with Crippen molar-refractivity contribution in [3.63, 3.8) is 0 Å². The van der Waals surface area contributed by atoms with Gasteiger partial charge in [-0.2, -0.15) is 10.2 Å². The van der Waals surface area contributed by atoms with Gasteiger partial charge in [0.1, 0.15) is 0 Å². The van der Waals surface area contributed by atoms with E-state index in [9.17, 15) is 4.79 Å². The Labute approximate surface area is 147 Å². The third-order valence-electron chi connectivity index (χ3n) is 4.33. The molecule has 2 aromatic heterocycles. The highest BCUT2D eigenvalue weighted by atomic mass is 16.1. The van der Waals surface area contributed by atoms with Crippen LogP contribution >= 0.6 is 0 Å². The first kappa shape index (κ1) is 17.1. The molecule has 1 aromatic carbocycles. The summed E-state index contributed by atoms with van der Waals surface area (Å²) in [5.41, 5.74) is 3.73. The summed E-state index contributed by atoms with van der Waals surface area (Å²) in [5.74, 6) is 0.460. The average Bonchev–Trinajstić information content (AvgIpc) is 2.96. The Kier molecular flexibility index (Phi) is 4.79. The molecule has 0 aliphatic rings. The molecular weight excluding hydrogens is 314 g/mol. The smallest absolute Gasteiger partial charge is 0.224 e. The molecule has 1 N–H and O–H groups in total. The Balaban J connectivity index is 1.64. The maximum Gasteiger partial charge on any atom is 0.224 e. The fourth-order valence-corrected chi connectivity index (χ4v) is 2.75. The molecule has 0 saturated heterocycles. The number of rotatable bonds is 5. The minimum absolute atomic E-state index is 0.0297. The van der Waals surface area contributed by atoms with Crippen LogP contribution in [0.1, 0.15) is 49.6 Å². The number of aryl methyl sites for hydroxylation is 1. The Morgan fingerprint density at radius 1 is 1.16 bits per heavy atom. The zero-order valence-electron chi connectivity index (χ0n) is 15.0. The zero-order valence-corrected chi connectivity index (χ0v) is 15.0. The van der Waals surface area contributed by atoms with Crippen LogP contribution in [0.25, 0.3) is 11.0 Å². The summed E-state index contributed by atoms with van der Waals surface area (Å²) in [6, 6.07) is 9.90. The van der Waals surface area contributed by atoms with Gasteiger partial charge in [0.25, 0.3) is 0 Å². The van der Waals surface area contributed by atoms with Crippen molar-refractivity contribution in [3.8, 4) is 0 Å². The maximum atomic E-state index is 12.3. The molecule has 0 unspecified atom stereocenters. The van der Waals surface area contributed by atoms with E-state index in [2.05, 4.69) is 46.6 Å². The third-order valence-corrected chi connectivity index (χ3v) is 4.33. The summed E-state index contributed by atoms with van der Waals surface area (Å²) in [7, 11) is 1.83. The van der Waals surface area contributed by atoms with Crippen molar-refractivity contribution in [2.24, 2.45) is 7.05 Å². The minimum Gasteiger partial charge on any atom is -0.348 e. The molecule has 0 aliphatic heterocycles. The molecule has 0 saturated carbocycles. The summed E-state index contributed by atoms with van der Waals surface area (Å²) in [6.07, 6.45) is 2.10. The fourth-order valence-electron chi connectivity index (χ4n) is 2.75. The molecule has 130 valence electrons. The highest BCUT2D eigenvalue weighted by Crippen LogP contribution is 2.17. The number of aromatic nitrogens is 4. The van der Waals surface area contributed by atoms with Crippen LogP contribution in [0.15, 0.2) is 36.5 Å². The van der Waals surface area contributed by atoms with E-state index in [1.165, 1.54) is 5.56 Å². The highest BCUT2D eigenvalue weighted by molar-refractivity contribution is 5.79. The molecule has 1 atom stereocenters. The summed E-state index contributed by atoms with van der Waals surface area (Å²) < 4.78 is 1.68. The number of carbonyl (C=O) groups excluding carboxylic acids is 1. The van der Waals surface area contributed by atoms with Gasteiger partial charge >= 0.3 is 0 Å². The van der Waals surface area contributed by atoms with E-state index < -0.39 is 0 Å². The number of hydrogen-bond donors (Lipinski definition) is 1. The van der Waals surface area contributed by atoms with E-state index in [4.69, 9.17) is 0 Å². The summed E-state index contributed by atoms with van der Waals surface area (Å²) in [6.45, 7) is 6.22. The van der Waals surface area contributed by atoms with Gasteiger partial charge in [-0.3, -0.25) is 4.79 Å². The van der Waals surface area contributed by atoms with Crippen molar-refractivity contribution < 1.29 is 4.79 Å². The maximum absolute atomic E-state index is 12.3. The van der Waals surface area contributed by atoms with Gasteiger partial charge in [-0.05, 0) is 30.0 Å². The molecule has 6 heteroatoms. The van der Waals surface area contributed by atoms with Crippen molar-refractivity contribution in [1.29, 1.82) is 0 Å². The van der Waals surface area contributed by atoms with Crippen molar-refractivity contribution >= 4 is 16.9 Å². The molecule has 0 spiro atoms. The van der Waals surface area contributed by atoms with Gasteiger partial charge in [-0.15, -0.1) is 5.10 Å². The highest BCUT2D eigenvalue weighted by Gasteiger charge is 2.14. The van der Waals surface area contributed by atoms with Gasteiger partial charge < -0.3 is 5.32 Å². The third kappa shape index (κ3) is 3.84. The minimum atomic E-state index is -0.209. The molecule has 1 amide bonds. The second-order valence-electron chi connectivity index (χ2n) is 6.68. The number of benzene rings is 1. The summed E-state index contributed by atoms with van der Waals surface area (Å²) in [5, 5.41) is 16.4. The zero-order chi connectivity index (χ0) is 18.0. The lowest BCUT2D eigenvalue weighted by Gasteiger charge is -2.13. The first-order chi connectivity index (χ1) is 11.9. The van der Waals surface area contributed by atoms with Crippen LogP contribution in [0.5, 0.6) is 0 Å². The van der Waals surface area contributed by atoms with Gasteiger partial charge in [0.15, 0.2) is 5.65 Å². The molecule has 0 radical (unpaired) electrons.